The summed E-state index contributed by atoms with van der Waals surface area (Å²) in [6.07, 6.45) is 1.63. The first-order valence-electron chi connectivity index (χ1n) is 10.7. The van der Waals surface area contributed by atoms with Crippen molar-refractivity contribution >= 4 is 23.9 Å². The van der Waals surface area contributed by atoms with Gasteiger partial charge >= 0.3 is 5.97 Å². The lowest BCUT2D eigenvalue weighted by Crippen LogP contribution is -2.43. The Morgan fingerprint density at radius 3 is 2.52 bits per heavy atom. The molecule has 8 nitrogen and oxygen atoms in total. The molecule has 1 saturated heterocycles. The zero-order valence-corrected chi connectivity index (χ0v) is 18.9. The first-order valence-corrected chi connectivity index (χ1v) is 10.7. The van der Waals surface area contributed by atoms with Crippen molar-refractivity contribution in [3.63, 3.8) is 0 Å². The molecule has 172 valence electrons. The highest BCUT2D eigenvalue weighted by Gasteiger charge is 2.25. The van der Waals surface area contributed by atoms with E-state index in [4.69, 9.17) is 18.9 Å². The zero-order valence-electron chi connectivity index (χ0n) is 18.9. The number of aryl methyl sites for hydroxylation is 2. The van der Waals surface area contributed by atoms with Gasteiger partial charge in [-0.1, -0.05) is 23.3 Å². The van der Waals surface area contributed by atoms with Crippen LogP contribution in [0.4, 0.5) is 0 Å². The number of rotatable bonds is 6. The lowest BCUT2D eigenvalue weighted by molar-refractivity contribution is -0.137. The van der Waals surface area contributed by atoms with Crippen LogP contribution in [0.2, 0.25) is 0 Å². The topological polar surface area (TPSA) is 86.7 Å². The van der Waals surface area contributed by atoms with Crippen molar-refractivity contribution in [1.29, 1.82) is 0 Å². The second-order valence-electron chi connectivity index (χ2n) is 7.90. The van der Waals surface area contributed by atoms with E-state index < -0.39 is 5.97 Å². The third-order valence-corrected chi connectivity index (χ3v) is 5.30. The number of cyclic esters (lactones) is 1. The summed E-state index contributed by atoms with van der Waals surface area (Å²) in [6.45, 7) is 6.07. The maximum atomic E-state index is 12.4. The standard InChI is InChI=1S/C25H26N2O6/c1-16-10-17(2)12-19(11-16)24-26-20(25(29)33-24)13-18-4-5-21(22(14-18)30-3)32-15-23(28)27-6-8-31-9-7-27/h4-5,10-14H,6-9,15H2,1-3H3/b20-13-. The fourth-order valence-electron chi connectivity index (χ4n) is 3.73. The van der Waals surface area contributed by atoms with Crippen molar-refractivity contribution in [3.05, 3.63) is 64.3 Å². The monoisotopic (exact) mass is 450 g/mol. The number of esters is 1. The number of hydrogen-bond donors (Lipinski definition) is 0. The van der Waals surface area contributed by atoms with Gasteiger partial charge in [0.05, 0.1) is 20.3 Å². The Hall–Kier alpha value is -3.65. The fraction of sp³-hybridized carbons (Fsp3) is 0.320. The van der Waals surface area contributed by atoms with Crippen LogP contribution in [0, 0.1) is 13.8 Å². The minimum Gasteiger partial charge on any atom is -0.493 e. The van der Waals surface area contributed by atoms with Gasteiger partial charge < -0.3 is 23.8 Å². The van der Waals surface area contributed by atoms with Gasteiger partial charge in [-0.25, -0.2) is 9.79 Å². The van der Waals surface area contributed by atoms with E-state index in [1.807, 2.05) is 32.0 Å². The number of hydrogen-bond acceptors (Lipinski definition) is 7. The molecular formula is C25H26N2O6. The molecule has 0 N–H and O–H groups in total. The Morgan fingerprint density at radius 1 is 1.09 bits per heavy atom. The first-order chi connectivity index (χ1) is 15.9. The predicted molar refractivity (Wildman–Crippen MR) is 122 cm³/mol. The summed E-state index contributed by atoms with van der Waals surface area (Å²) in [6, 6.07) is 11.1. The molecule has 1 fully saturated rings. The number of aliphatic imine (C=N–C) groups is 1. The number of benzene rings is 2. The van der Waals surface area contributed by atoms with Crippen LogP contribution in [0.5, 0.6) is 11.5 Å². The van der Waals surface area contributed by atoms with Gasteiger partial charge in [0.2, 0.25) is 5.90 Å². The molecule has 2 aliphatic heterocycles. The summed E-state index contributed by atoms with van der Waals surface area (Å²) in [7, 11) is 1.52. The van der Waals surface area contributed by atoms with Crippen LogP contribution in [-0.2, 0) is 19.1 Å². The Morgan fingerprint density at radius 2 is 1.82 bits per heavy atom. The van der Waals surface area contributed by atoms with Gasteiger partial charge in [-0.3, -0.25) is 4.79 Å². The maximum Gasteiger partial charge on any atom is 0.363 e. The SMILES string of the molecule is COc1cc(/C=C2\N=C(c3cc(C)cc(C)c3)OC2=O)ccc1OCC(=O)N1CCOCC1. The van der Waals surface area contributed by atoms with Crippen LogP contribution in [0.3, 0.4) is 0 Å². The number of carbonyl (C=O) groups excluding carboxylic acids is 2. The second-order valence-corrected chi connectivity index (χ2v) is 7.90. The highest BCUT2D eigenvalue weighted by Crippen LogP contribution is 2.30. The van der Waals surface area contributed by atoms with E-state index in [0.717, 1.165) is 16.7 Å². The summed E-state index contributed by atoms with van der Waals surface area (Å²) in [5.74, 6) is 0.554. The number of nitrogens with zero attached hydrogens (tertiary/aromatic N) is 2. The highest BCUT2D eigenvalue weighted by atomic mass is 16.6. The van der Waals surface area contributed by atoms with Gasteiger partial charge in [0, 0.05) is 18.7 Å². The summed E-state index contributed by atoms with van der Waals surface area (Å²) in [5, 5.41) is 0. The average Bonchev–Trinajstić information content (AvgIpc) is 3.18. The van der Waals surface area contributed by atoms with Gasteiger partial charge in [-0.2, -0.15) is 0 Å². The number of methoxy groups -OCH3 is 1. The van der Waals surface area contributed by atoms with Crippen molar-refractivity contribution in [2.75, 3.05) is 40.0 Å². The van der Waals surface area contributed by atoms with E-state index in [1.165, 1.54) is 7.11 Å². The van der Waals surface area contributed by atoms with Crippen LogP contribution >= 0.6 is 0 Å². The number of amides is 1. The minimum atomic E-state index is -0.514. The normalized spacial score (nSPS) is 17.1. The van der Waals surface area contributed by atoms with E-state index >= 15 is 0 Å². The highest BCUT2D eigenvalue weighted by molar-refractivity contribution is 6.13. The molecule has 1 amide bonds. The predicted octanol–water partition coefficient (Wildman–Crippen LogP) is 2.89. The summed E-state index contributed by atoms with van der Waals surface area (Å²) in [4.78, 5) is 30.8. The maximum absolute atomic E-state index is 12.4. The van der Waals surface area contributed by atoms with Gasteiger partial charge in [-0.15, -0.1) is 0 Å². The fourth-order valence-corrected chi connectivity index (χ4v) is 3.73. The summed E-state index contributed by atoms with van der Waals surface area (Å²) >= 11 is 0. The largest absolute Gasteiger partial charge is 0.493 e. The first kappa shape index (κ1) is 22.5. The van der Waals surface area contributed by atoms with Gasteiger partial charge in [0.25, 0.3) is 5.91 Å². The molecule has 0 bridgehead atoms. The third kappa shape index (κ3) is 5.40. The van der Waals surface area contributed by atoms with E-state index in [-0.39, 0.29) is 24.1 Å². The summed E-state index contributed by atoms with van der Waals surface area (Å²) in [5.41, 5.74) is 3.77. The molecule has 4 rings (SSSR count). The van der Waals surface area contributed by atoms with Crippen LogP contribution in [-0.4, -0.2) is 62.7 Å². The van der Waals surface area contributed by atoms with Crippen LogP contribution in [0.25, 0.3) is 6.08 Å². The van der Waals surface area contributed by atoms with E-state index in [1.54, 1.807) is 29.2 Å². The molecule has 0 unspecified atom stereocenters. The van der Waals surface area contributed by atoms with Crippen LogP contribution in [0.15, 0.2) is 47.1 Å². The Bertz CT molecular complexity index is 1110. The summed E-state index contributed by atoms with van der Waals surface area (Å²) < 4.78 is 21.8. The molecule has 0 radical (unpaired) electrons. The minimum absolute atomic E-state index is 0.0906. The van der Waals surface area contributed by atoms with E-state index in [9.17, 15) is 9.59 Å². The molecule has 2 aromatic carbocycles. The Kier molecular flexibility index (Phi) is 6.74. The molecule has 2 aromatic rings. The zero-order chi connectivity index (χ0) is 23.4. The molecule has 0 saturated carbocycles. The molecule has 2 heterocycles. The quantitative estimate of drug-likeness (QED) is 0.497. The molecule has 8 heteroatoms. The molecular weight excluding hydrogens is 424 g/mol. The number of morpholine rings is 1. The van der Waals surface area contributed by atoms with Gasteiger partial charge in [0.15, 0.2) is 23.8 Å². The van der Waals surface area contributed by atoms with Gasteiger partial charge in [0.1, 0.15) is 0 Å². The third-order valence-electron chi connectivity index (χ3n) is 5.30. The molecule has 2 aliphatic rings. The number of ether oxygens (including phenoxy) is 4. The van der Waals surface area contributed by atoms with Gasteiger partial charge in [-0.05, 0) is 49.8 Å². The molecule has 0 spiro atoms. The van der Waals surface area contributed by atoms with Crippen LogP contribution < -0.4 is 9.47 Å². The van der Waals surface area contributed by atoms with E-state index in [0.29, 0.717) is 43.4 Å². The number of carbonyl (C=O) groups is 2. The smallest absolute Gasteiger partial charge is 0.363 e. The lowest BCUT2D eigenvalue weighted by atomic mass is 10.1. The Balaban J connectivity index is 1.49. The van der Waals surface area contributed by atoms with E-state index in [2.05, 4.69) is 4.99 Å². The Labute approximate surface area is 192 Å². The average molecular weight is 450 g/mol. The molecule has 0 aromatic heterocycles. The molecule has 33 heavy (non-hydrogen) atoms. The van der Waals surface area contributed by atoms with Crippen molar-refractivity contribution in [2.24, 2.45) is 4.99 Å². The molecule has 0 atom stereocenters. The lowest BCUT2D eigenvalue weighted by Gasteiger charge is -2.26. The van der Waals surface area contributed by atoms with Crippen molar-refractivity contribution in [3.8, 4) is 11.5 Å². The van der Waals surface area contributed by atoms with Crippen molar-refractivity contribution in [2.45, 2.75) is 13.8 Å². The van der Waals surface area contributed by atoms with Crippen molar-refractivity contribution < 1.29 is 28.5 Å². The second kappa shape index (κ2) is 9.87. The van der Waals surface area contributed by atoms with Crippen LogP contribution in [0.1, 0.15) is 22.3 Å². The van der Waals surface area contributed by atoms with Crippen molar-refractivity contribution in [1.82, 2.24) is 4.90 Å². The molecule has 0 aliphatic carbocycles.